The van der Waals surface area contributed by atoms with Crippen molar-refractivity contribution in [2.75, 3.05) is 45.8 Å². The van der Waals surface area contributed by atoms with E-state index in [2.05, 4.69) is 28.5 Å². The summed E-state index contributed by atoms with van der Waals surface area (Å²) in [5.74, 6) is 0.355. The molecule has 0 spiro atoms. The highest BCUT2D eigenvalue weighted by atomic mass is 16.2. The van der Waals surface area contributed by atoms with Crippen LogP contribution in [-0.2, 0) is 4.79 Å². The number of hydrogen-bond donors (Lipinski definition) is 0. The van der Waals surface area contributed by atoms with Gasteiger partial charge in [0.25, 0.3) is 0 Å². The minimum absolute atomic E-state index is 0.355. The number of nitrogens with zero attached hydrogens (tertiary/aromatic N) is 3. The quantitative estimate of drug-likeness (QED) is 0.800. The van der Waals surface area contributed by atoms with E-state index in [1.165, 1.54) is 45.1 Å². The summed E-state index contributed by atoms with van der Waals surface area (Å²) in [5, 5.41) is 0. The van der Waals surface area contributed by atoms with Gasteiger partial charge in [0.1, 0.15) is 0 Å². The first-order valence-corrected chi connectivity index (χ1v) is 9.28. The van der Waals surface area contributed by atoms with Crippen molar-refractivity contribution in [3.05, 3.63) is 0 Å². The Bertz CT molecular complexity index is 390. The van der Waals surface area contributed by atoms with Crippen molar-refractivity contribution < 1.29 is 4.79 Å². The van der Waals surface area contributed by atoms with Crippen molar-refractivity contribution in [3.8, 4) is 0 Å². The van der Waals surface area contributed by atoms with Gasteiger partial charge in [-0.1, -0.05) is 13.8 Å². The van der Waals surface area contributed by atoms with E-state index in [1.54, 1.807) is 0 Å². The third-order valence-corrected chi connectivity index (χ3v) is 5.90. The first-order chi connectivity index (χ1) is 10.5. The predicted molar refractivity (Wildman–Crippen MR) is 89.9 cm³/mol. The number of amides is 1. The van der Waals surface area contributed by atoms with Gasteiger partial charge in [-0.15, -0.1) is 0 Å². The van der Waals surface area contributed by atoms with Gasteiger partial charge in [-0.2, -0.15) is 0 Å². The van der Waals surface area contributed by atoms with Crippen LogP contribution < -0.4 is 0 Å². The minimum Gasteiger partial charge on any atom is -0.342 e. The second-order valence-electron chi connectivity index (χ2n) is 8.31. The van der Waals surface area contributed by atoms with Gasteiger partial charge < -0.3 is 4.90 Å². The maximum Gasteiger partial charge on any atom is 0.236 e. The first kappa shape index (κ1) is 16.3. The average molecular weight is 307 g/mol. The molecule has 0 unspecified atom stereocenters. The Labute approximate surface area is 135 Å². The lowest BCUT2D eigenvalue weighted by Crippen LogP contribution is -2.41. The Kier molecular flexibility index (Phi) is 5.08. The molecular formula is C18H33N3O. The van der Waals surface area contributed by atoms with E-state index in [1.807, 2.05) is 0 Å². The molecule has 0 aromatic heterocycles. The molecule has 4 heteroatoms. The molecule has 2 aliphatic heterocycles. The molecule has 0 radical (unpaired) electrons. The van der Waals surface area contributed by atoms with Crippen LogP contribution >= 0.6 is 0 Å². The Hall–Kier alpha value is -0.610. The molecule has 3 rings (SSSR count). The molecule has 3 aliphatic rings. The van der Waals surface area contributed by atoms with Gasteiger partial charge in [-0.3, -0.25) is 14.6 Å². The number of rotatable bonds is 3. The Morgan fingerprint density at radius 2 is 1.77 bits per heavy atom. The van der Waals surface area contributed by atoms with Gasteiger partial charge in [0.05, 0.1) is 6.54 Å². The van der Waals surface area contributed by atoms with Crippen molar-refractivity contribution in [2.45, 2.75) is 58.4 Å². The monoisotopic (exact) mass is 307 g/mol. The van der Waals surface area contributed by atoms with Crippen LogP contribution in [0.15, 0.2) is 0 Å². The molecule has 3 fully saturated rings. The molecule has 0 bridgehead atoms. The molecule has 1 atom stereocenters. The minimum atomic E-state index is 0.355. The van der Waals surface area contributed by atoms with E-state index in [-0.39, 0.29) is 0 Å². The van der Waals surface area contributed by atoms with Gasteiger partial charge in [0.15, 0.2) is 0 Å². The third-order valence-electron chi connectivity index (χ3n) is 5.90. The SMILES string of the molecule is CC1(C)CC[C@@H](N2CCCN(CC(=O)N3CCCC3)CC2)C1. The van der Waals surface area contributed by atoms with Crippen LogP contribution in [0.1, 0.15) is 52.4 Å². The number of likely N-dealkylation sites (tertiary alicyclic amines) is 1. The van der Waals surface area contributed by atoms with Crippen molar-refractivity contribution in [1.29, 1.82) is 0 Å². The highest BCUT2D eigenvalue weighted by molar-refractivity contribution is 5.78. The van der Waals surface area contributed by atoms with Gasteiger partial charge in [-0.25, -0.2) is 0 Å². The normalized spacial score (nSPS) is 30.6. The maximum atomic E-state index is 12.3. The Morgan fingerprint density at radius 1 is 1.00 bits per heavy atom. The standard InChI is InChI=1S/C18H33N3O/c1-18(2)7-6-16(14-18)20-11-5-8-19(12-13-20)15-17(22)21-9-3-4-10-21/h16H,3-15H2,1-2H3/t16-/m1/s1. The van der Waals surface area contributed by atoms with Gasteiger partial charge in [-0.05, 0) is 57.0 Å². The Morgan fingerprint density at radius 3 is 2.45 bits per heavy atom. The summed E-state index contributed by atoms with van der Waals surface area (Å²) >= 11 is 0. The lowest BCUT2D eigenvalue weighted by atomic mass is 9.91. The fourth-order valence-corrected chi connectivity index (χ4v) is 4.48. The molecule has 1 amide bonds. The van der Waals surface area contributed by atoms with Crippen molar-refractivity contribution in [3.63, 3.8) is 0 Å². The number of carbonyl (C=O) groups excluding carboxylic acids is 1. The van der Waals surface area contributed by atoms with Crippen molar-refractivity contribution >= 4 is 5.91 Å². The zero-order valence-corrected chi connectivity index (χ0v) is 14.5. The summed E-state index contributed by atoms with van der Waals surface area (Å²) in [6.45, 7) is 11.9. The van der Waals surface area contributed by atoms with E-state index in [0.717, 1.165) is 38.8 Å². The predicted octanol–water partition coefficient (Wildman–Crippen LogP) is 2.20. The summed E-state index contributed by atoms with van der Waals surface area (Å²) in [6, 6.07) is 0.782. The van der Waals surface area contributed by atoms with Crippen molar-refractivity contribution in [2.24, 2.45) is 5.41 Å². The van der Waals surface area contributed by atoms with E-state index in [0.29, 0.717) is 17.9 Å². The lowest BCUT2D eigenvalue weighted by Gasteiger charge is -2.29. The first-order valence-electron chi connectivity index (χ1n) is 9.28. The van der Waals surface area contributed by atoms with Gasteiger partial charge in [0.2, 0.25) is 5.91 Å². The second-order valence-corrected chi connectivity index (χ2v) is 8.31. The summed E-state index contributed by atoms with van der Waals surface area (Å²) in [5.41, 5.74) is 0.530. The van der Waals surface area contributed by atoms with E-state index >= 15 is 0 Å². The summed E-state index contributed by atoms with van der Waals surface area (Å²) < 4.78 is 0. The molecule has 22 heavy (non-hydrogen) atoms. The lowest BCUT2D eigenvalue weighted by molar-refractivity contribution is -0.131. The molecule has 126 valence electrons. The third kappa shape index (κ3) is 4.02. The van der Waals surface area contributed by atoms with Gasteiger partial charge >= 0.3 is 0 Å². The van der Waals surface area contributed by atoms with Crippen molar-refractivity contribution in [1.82, 2.24) is 14.7 Å². The van der Waals surface area contributed by atoms with Crippen LogP contribution in [-0.4, -0.2) is 72.5 Å². The number of carbonyl (C=O) groups is 1. The molecule has 1 aliphatic carbocycles. The molecule has 2 heterocycles. The Balaban J connectivity index is 1.46. The molecule has 0 aromatic rings. The average Bonchev–Trinajstić information content (AvgIpc) is 3.06. The van der Waals surface area contributed by atoms with Crippen LogP contribution in [0.4, 0.5) is 0 Å². The largest absolute Gasteiger partial charge is 0.342 e. The fraction of sp³-hybridized carbons (Fsp3) is 0.944. The van der Waals surface area contributed by atoms with Gasteiger partial charge in [0, 0.05) is 32.2 Å². The maximum absolute atomic E-state index is 12.3. The molecule has 1 saturated carbocycles. The summed E-state index contributed by atoms with van der Waals surface area (Å²) in [7, 11) is 0. The second kappa shape index (κ2) is 6.88. The van der Waals surface area contributed by atoms with E-state index in [4.69, 9.17) is 0 Å². The van der Waals surface area contributed by atoms with Crippen LogP contribution in [0.5, 0.6) is 0 Å². The zero-order valence-electron chi connectivity index (χ0n) is 14.5. The highest BCUT2D eigenvalue weighted by Gasteiger charge is 2.34. The van der Waals surface area contributed by atoms with Crippen LogP contribution in [0.2, 0.25) is 0 Å². The van der Waals surface area contributed by atoms with E-state index < -0.39 is 0 Å². The van der Waals surface area contributed by atoms with E-state index in [9.17, 15) is 4.79 Å². The smallest absolute Gasteiger partial charge is 0.236 e. The number of hydrogen-bond acceptors (Lipinski definition) is 3. The molecule has 0 N–H and O–H groups in total. The van der Waals surface area contributed by atoms with Crippen LogP contribution in [0, 0.1) is 5.41 Å². The molecular weight excluding hydrogens is 274 g/mol. The molecule has 0 aromatic carbocycles. The van der Waals surface area contributed by atoms with Crippen LogP contribution in [0.3, 0.4) is 0 Å². The summed E-state index contributed by atoms with van der Waals surface area (Å²) in [4.78, 5) is 19.5. The highest BCUT2D eigenvalue weighted by Crippen LogP contribution is 2.39. The zero-order chi connectivity index (χ0) is 15.6. The van der Waals surface area contributed by atoms with Crippen LogP contribution in [0.25, 0.3) is 0 Å². The fourth-order valence-electron chi connectivity index (χ4n) is 4.48. The molecule has 4 nitrogen and oxygen atoms in total. The summed E-state index contributed by atoms with van der Waals surface area (Å²) in [6.07, 6.45) is 7.67. The molecule has 2 saturated heterocycles. The topological polar surface area (TPSA) is 26.8 Å².